The Balaban J connectivity index is 1.07. The van der Waals surface area contributed by atoms with Gasteiger partial charge in [0.2, 0.25) is 23.6 Å². The normalized spacial score (nSPS) is 17.1. The molecule has 2 aliphatic rings. The lowest BCUT2D eigenvalue weighted by Crippen LogP contribution is -2.59. The van der Waals surface area contributed by atoms with Crippen LogP contribution in [0, 0.1) is 0 Å². The number of aromatic nitrogens is 1. The molecule has 2 fully saturated rings. The molecule has 2 saturated heterocycles. The first kappa shape index (κ1) is 49.7. The van der Waals surface area contributed by atoms with E-state index in [0.717, 1.165) is 27.6 Å². The molecular weight excluding hydrogens is 881 g/mol. The second-order valence-electron chi connectivity index (χ2n) is 18.4. The van der Waals surface area contributed by atoms with E-state index in [2.05, 4.69) is 20.9 Å². The first-order valence-electron chi connectivity index (χ1n) is 23.5. The molecule has 5 atom stereocenters. The number of alkyl carbamates (subject to hydrolysis) is 1. The van der Waals surface area contributed by atoms with Gasteiger partial charge in [-0.15, -0.1) is 0 Å². The van der Waals surface area contributed by atoms with Gasteiger partial charge in [-0.3, -0.25) is 19.2 Å². The number of H-pyrrole nitrogens is 1. The summed E-state index contributed by atoms with van der Waals surface area (Å²) in [5.41, 5.74) is 3.43. The molecule has 0 aliphatic carbocycles. The minimum absolute atomic E-state index is 0.0311. The van der Waals surface area contributed by atoms with Crippen LogP contribution in [0.5, 0.6) is 5.75 Å². The quantitative estimate of drug-likeness (QED) is 0.0739. The Morgan fingerprint density at radius 1 is 0.681 bits per heavy atom. The molecule has 364 valence electrons. The molecule has 69 heavy (non-hydrogen) atoms. The van der Waals surface area contributed by atoms with Crippen molar-refractivity contribution in [2.24, 2.45) is 0 Å². The standard InChI is InChI=1S/C53H62N6O10/c1-53(2,3)69-52(65)57-43(30-38-31-54-41-20-12-11-19-40(38)41)49(62)59-28-14-22-46(59)50(63)58-27-13-21-45(58)48(61)55-42(29-35-23-25-39(26-24-35)68-33-37-17-9-6-10-18-37)47(60)56-44(51(64)66-4)34-67-32-36-15-7-5-8-16-36/h5-12,15-20,23-26,31,42-46,54H,13-14,21-22,27-30,32-34H2,1-4H3,(H,55,61)(H,56,60)(H,57,65)/t42-,43-,44-,45-,46-/m0/s1. The largest absolute Gasteiger partial charge is 0.489 e. The predicted octanol–water partition coefficient (Wildman–Crippen LogP) is 5.77. The van der Waals surface area contributed by atoms with Crippen molar-refractivity contribution >= 4 is 46.6 Å². The van der Waals surface area contributed by atoms with Crippen LogP contribution in [0.2, 0.25) is 0 Å². The van der Waals surface area contributed by atoms with Crippen molar-refractivity contribution in [2.45, 2.75) is 108 Å². The number of benzene rings is 4. The van der Waals surface area contributed by atoms with E-state index in [1.165, 1.54) is 16.9 Å². The van der Waals surface area contributed by atoms with E-state index in [-0.39, 0.29) is 39.1 Å². The first-order valence-corrected chi connectivity index (χ1v) is 23.5. The minimum atomic E-state index is -1.19. The van der Waals surface area contributed by atoms with Crippen LogP contribution in [-0.4, -0.2) is 113 Å². The number of likely N-dealkylation sites (tertiary alicyclic amines) is 2. The Labute approximate surface area is 402 Å². The predicted molar refractivity (Wildman–Crippen MR) is 258 cm³/mol. The molecular formula is C53H62N6O10. The molecule has 4 aromatic carbocycles. The average molecular weight is 943 g/mol. The van der Waals surface area contributed by atoms with Gasteiger partial charge in [0.1, 0.15) is 42.1 Å². The zero-order valence-electron chi connectivity index (χ0n) is 39.6. The number of nitrogens with zero attached hydrogens (tertiary/aromatic N) is 2. The molecule has 2 aliphatic heterocycles. The third-order valence-corrected chi connectivity index (χ3v) is 12.2. The number of carbonyl (C=O) groups is 6. The number of fused-ring (bicyclic) bond motifs is 1. The van der Waals surface area contributed by atoms with Gasteiger partial charge >= 0.3 is 12.1 Å². The van der Waals surface area contributed by atoms with Crippen LogP contribution in [0.4, 0.5) is 4.79 Å². The molecule has 0 saturated carbocycles. The number of hydrogen-bond acceptors (Lipinski definition) is 10. The van der Waals surface area contributed by atoms with Crippen LogP contribution < -0.4 is 20.7 Å². The molecule has 16 nitrogen and oxygen atoms in total. The Morgan fingerprint density at radius 2 is 1.32 bits per heavy atom. The monoisotopic (exact) mass is 942 g/mol. The van der Waals surface area contributed by atoms with Crippen LogP contribution in [0.25, 0.3) is 10.9 Å². The van der Waals surface area contributed by atoms with E-state index in [4.69, 9.17) is 18.9 Å². The average Bonchev–Trinajstić information content (AvgIpc) is 4.14. The third kappa shape index (κ3) is 13.5. The number of hydrogen-bond donors (Lipinski definition) is 4. The fourth-order valence-corrected chi connectivity index (χ4v) is 8.78. The number of carbonyl (C=O) groups excluding carboxylic acids is 6. The van der Waals surface area contributed by atoms with Crippen molar-refractivity contribution in [3.63, 3.8) is 0 Å². The molecule has 4 N–H and O–H groups in total. The van der Waals surface area contributed by atoms with Crippen molar-refractivity contribution in [3.05, 3.63) is 138 Å². The number of para-hydroxylation sites is 1. The Hall–Kier alpha value is -7.20. The fourth-order valence-electron chi connectivity index (χ4n) is 8.78. The van der Waals surface area contributed by atoms with Gasteiger partial charge in [-0.05, 0) is 86.9 Å². The van der Waals surface area contributed by atoms with Gasteiger partial charge in [0.15, 0.2) is 6.04 Å². The highest BCUT2D eigenvalue weighted by atomic mass is 16.6. The molecule has 1 aromatic heterocycles. The van der Waals surface area contributed by atoms with Crippen LogP contribution >= 0.6 is 0 Å². The molecule has 0 bridgehead atoms. The van der Waals surface area contributed by atoms with Crippen LogP contribution in [0.3, 0.4) is 0 Å². The van der Waals surface area contributed by atoms with E-state index in [1.807, 2.05) is 84.9 Å². The molecule has 5 amide bonds. The smallest absolute Gasteiger partial charge is 0.408 e. The highest BCUT2D eigenvalue weighted by Crippen LogP contribution is 2.28. The van der Waals surface area contributed by atoms with Gasteiger partial charge in [0, 0.05) is 43.0 Å². The molecule has 5 aromatic rings. The lowest BCUT2D eigenvalue weighted by atomic mass is 10.0. The summed E-state index contributed by atoms with van der Waals surface area (Å²) >= 11 is 0. The second kappa shape index (κ2) is 23.2. The van der Waals surface area contributed by atoms with E-state index < -0.39 is 71.5 Å². The lowest BCUT2D eigenvalue weighted by molar-refractivity contribution is -0.148. The van der Waals surface area contributed by atoms with Crippen molar-refractivity contribution in [1.82, 2.24) is 30.7 Å². The van der Waals surface area contributed by atoms with Gasteiger partial charge < -0.3 is 49.7 Å². The minimum Gasteiger partial charge on any atom is -0.489 e. The molecule has 0 unspecified atom stereocenters. The summed E-state index contributed by atoms with van der Waals surface area (Å²) in [6.07, 6.45) is 2.94. The third-order valence-electron chi connectivity index (χ3n) is 12.2. The number of amides is 5. The number of rotatable bonds is 19. The van der Waals surface area contributed by atoms with Gasteiger partial charge in [-0.1, -0.05) is 91.0 Å². The molecule has 0 spiro atoms. The fraction of sp³-hybridized carbons (Fsp3) is 0.396. The number of methoxy groups -OCH3 is 1. The molecule has 7 rings (SSSR count). The molecule has 3 heterocycles. The van der Waals surface area contributed by atoms with Crippen molar-refractivity contribution < 1.29 is 47.7 Å². The lowest BCUT2D eigenvalue weighted by Gasteiger charge is -2.33. The number of esters is 1. The summed E-state index contributed by atoms with van der Waals surface area (Å²) in [7, 11) is 1.21. The van der Waals surface area contributed by atoms with E-state index in [9.17, 15) is 28.8 Å². The topological polar surface area (TPSA) is 198 Å². The highest BCUT2D eigenvalue weighted by molar-refractivity contribution is 5.97. The number of aromatic amines is 1. The van der Waals surface area contributed by atoms with Crippen molar-refractivity contribution in [3.8, 4) is 5.75 Å². The van der Waals surface area contributed by atoms with Gasteiger partial charge in [0.05, 0.1) is 20.3 Å². The maximum atomic E-state index is 14.6. The van der Waals surface area contributed by atoms with Gasteiger partial charge in [0.25, 0.3) is 0 Å². The van der Waals surface area contributed by atoms with Crippen LogP contribution in [-0.2, 0) is 64.2 Å². The zero-order valence-corrected chi connectivity index (χ0v) is 39.6. The van der Waals surface area contributed by atoms with E-state index in [0.29, 0.717) is 43.6 Å². The van der Waals surface area contributed by atoms with Crippen molar-refractivity contribution in [2.75, 3.05) is 26.8 Å². The van der Waals surface area contributed by atoms with E-state index >= 15 is 0 Å². The Kier molecular flexibility index (Phi) is 16.7. The number of ether oxygens (including phenoxy) is 4. The summed E-state index contributed by atoms with van der Waals surface area (Å²) < 4.78 is 22.4. The van der Waals surface area contributed by atoms with E-state index in [1.54, 1.807) is 51.2 Å². The van der Waals surface area contributed by atoms with Crippen molar-refractivity contribution in [1.29, 1.82) is 0 Å². The maximum Gasteiger partial charge on any atom is 0.408 e. The highest BCUT2D eigenvalue weighted by Gasteiger charge is 2.44. The second-order valence-corrected chi connectivity index (χ2v) is 18.4. The molecule has 0 radical (unpaired) electrons. The number of nitrogens with one attached hydrogen (secondary N) is 4. The van der Waals surface area contributed by atoms with Crippen LogP contribution in [0.15, 0.2) is 115 Å². The molecule has 16 heteroatoms. The Bertz CT molecular complexity index is 2540. The summed E-state index contributed by atoms with van der Waals surface area (Å²) in [5.74, 6) is -2.17. The van der Waals surface area contributed by atoms with Gasteiger partial charge in [-0.25, -0.2) is 9.59 Å². The summed E-state index contributed by atoms with van der Waals surface area (Å²) in [6.45, 7) is 6.09. The SMILES string of the molecule is COC(=O)[C@H](COCc1ccccc1)NC(=O)[C@H](Cc1ccc(OCc2ccccc2)cc1)NC(=O)[C@@H]1CCCN1C(=O)[C@@H]1CCCN1C(=O)[C@H](Cc1c[nH]c2ccccc12)NC(=O)OC(C)(C)C. The summed E-state index contributed by atoms with van der Waals surface area (Å²) in [5, 5.41) is 9.32. The maximum absolute atomic E-state index is 14.6. The summed E-state index contributed by atoms with van der Waals surface area (Å²) in [4.78, 5) is 90.3. The first-order chi connectivity index (χ1) is 33.3. The Morgan fingerprint density at radius 3 is 2.00 bits per heavy atom. The van der Waals surface area contributed by atoms with Gasteiger partial charge in [-0.2, -0.15) is 0 Å². The van der Waals surface area contributed by atoms with Crippen LogP contribution in [0.1, 0.15) is 68.7 Å². The summed E-state index contributed by atoms with van der Waals surface area (Å²) in [6, 6.07) is 28.6. The zero-order chi connectivity index (χ0) is 48.9.